The molecular weight excluding hydrogens is 342 g/mol. The average molecular weight is 367 g/mol. The van der Waals surface area contributed by atoms with Crippen LogP contribution in [0.5, 0.6) is 0 Å². The van der Waals surface area contributed by atoms with Crippen LogP contribution < -0.4 is 10.2 Å². The van der Waals surface area contributed by atoms with Crippen LogP contribution in [-0.2, 0) is 14.6 Å². The first-order valence-corrected chi connectivity index (χ1v) is 10.6. The molecule has 8 heteroatoms. The molecule has 1 amide bonds. The number of sulfone groups is 1. The van der Waals surface area contributed by atoms with Crippen molar-refractivity contribution in [3.63, 3.8) is 0 Å². The predicted molar refractivity (Wildman–Crippen MR) is 95.6 cm³/mol. The maximum Gasteiger partial charge on any atom is 0.269 e. The largest absolute Gasteiger partial charge is 0.376 e. The summed E-state index contributed by atoms with van der Waals surface area (Å²) in [7, 11) is -2.93. The number of pyridine rings is 1. The van der Waals surface area contributed by atoms with Crippen LogP contribution in [0.2, 0.25) is 0 Å². The van der Waals surface area contributed by atoms with Crippen LogP contribution in [0.15, 0.2) is 18.3 Å². The number of hydrogen-bond acceptors (Lipinski definition) is 6. The van der Waals surface area contributed by atoms with Crippen LogP contribution in [0, 0.1) is 0 Å². The minimum absolute atomic E-state index is 0.0176. The highest BCUT2D eigenvalue weighted by Gasteiger charge is 2.32. The van der Waals surface area contributed by atoms with E-state index >= 15 is 0 Å². The van der Waals surface area contributed by atoms with Crippen molar-refractivity contribution >= 4 is 21.4 Å². The minimum Gasteiger partial charge on any atom is -0.376 e. The van der Waals surface area contributed by atoms with Gasteiger partial charge < -0.3 is 15.0 Å². The van der Waals surface area contributed by atoms with Crippen molar-refractivity contribution in [1.29, 1.82) is 0 Å². The fourth-order valence-electron chi connectivity index (χ4n) is 3.47. The highest BCUT2D eigenvalue weighted by atomic mass is 32.2. The van der Waals surface area contributed by atoms with Gasteiger partial charge in [-0.05, 0) is 38.3 Å². The van der Waals surface area contributed by atoms with Crippen LogP contribution in [0.1, 0.15) is 36.7 Å². The maximum absolute atomic E-state index is 12.2. The zero-order valence-electron chi connectivity index (χ0n) is 14.5. The van der Waals surface area contributed by atoms with E-state index in [1.54, 1.807) is 12.3 Å². The molecule has 2 saturated heterocycles. The quantitative estimate of drug-likeness (QED) is 0.807. The Kier molecular flexibility index (Phi) is 5.58. The zero-order valence-corrected chi connectivity index (χ0v) is 15.3. The van der Waals surface area contributed by atoms with Crippen molar-refractivity contribution in [3.05, 3.63) is 24.0 Å². The topological polar surface area (TPSA) is 88.6 Å². The third-order valence-corrected chi connectivity index (χ3v) is 6.57. The summed E-state index contributed by atoms with van der Waals surface area (Å²) in [6, 6.07) is 3.50. The van der Waals surface area contributed by atoms with Gasteiger partial charge in [-0.25, -0.2) is 13.4 Å². The first-order chi connectivity index (χ1) is 12.0. The Morgan fingerprint density at radius 1 is 1.40 bits per heavy atom. The molecule has 2 aliphatic heterocycles. The monoisotopic (exact) mass is 367 g/mol. The molecule has 3 heterocycles. The normalized spacial score (nSPS) is 25.0. The van der Waals surface area contributed by atoms with Crippen molar-refractivity contribution in [1.82, 2.24) is 10.3 Å². The summed E-state index contributed by atoms with van der Waals surface area (Å²) in [4.78, 5) is 18.5. The first-order valence-electron chi connectivity index (χ1n) is 8.81. The number of rotatable bonds is 6. The number of aromatic nitrogens is 1. The molecule has 7 nitrogen and oxygen atoms in total. The van der Waals surface area contributed by atoms with Gasteiger partial charge in [0.25, 0.3) is 5.91 Å². The number of anilines is 1. The van der Waals surface area contributed by atoms with Crippen LogP contribution in [0.4, 0.5) is 5.69 Å². The number of carbonyl (C=O) groups is 1. The van der Waals surface area contributed by atoms with Crippen LogP contribution in [0.3, 0.4) is 0 Å². The van der Waals surface area contributed by atoms with E-state index in [-0.39, 0.29) is 29.6 Å². The van der Waals surface area contributed by atoms with Crippen molar-refractivity contribution in [2.45, 2.75) is 38.3 Å². The lowest BCUT2D eigenvalue weighted by atomic mass is 10.2. The lowest BCUT2D eigenvalue weighted by Crippen LogP contribution is -2.36. The lowest BCUT2D eigenvalue weighted by Gasteiger charge is -2.28. The molecule has 2 aliphatic rings. The van der Waals surface area contributed by atoms with Gasteiger partial charge >= 0.3 is 0 Å². The van der Waals surface area contributed by atoms with E-state index in [1.807, 2.05) is 17.9 Å². The van der Waals surface area contributed by atoms with Crippen molar-refractivity contribution < 1.29 is 17.9 Å². The second-order valence-corrected chi connectivity index (χ2v) is 8.82. The van der Waals surface area contributed by atoms with Crippen molar-refractivity contribution in [2.24, 2.45) is 0 Å². The van der Waals surface area contributed by atoms with Gasteiger partial charge in [0, 0.05) is 25.7 Å². The summed E-state index contributed by atoms with van der Waals surface area (Å²) in [5, 5.41) is 2.85. The Balaban J connectivity index is 1.61. The van der Waals surface area contributed by atoms with E-state index in [2.05, 4.69) is 10.3 Å². The lowest BCUT2D eigenvalue weighted by molar-refractivity contribution is 0.0853. The number of ether oxygens (including phenoxy) is 1. The van der Waals surface area contributed by atoms with Crippen molar-refractivity contribution in [3.8, 4) is 0 Å². The van der Waals surface area contributed by atoms with E-state index in [1.165, 1.54) is 0 Å². The van der Waals surface area contributed by atoms with Crippen LogP contribution in [-0.4, -0.2) is 62.7 Å². The van der Waals surface area contributed by atoms with Gasteiger partial charge in [-0.2, -0.15) is 0 Å². The minimum atomic E-state index is -2.93. The van der Waals surface area contributed by atoms with Gasteiger partial charge in [0.15, 0.2) is 9.84 Å². The second-order valence-electron chi connectivity index (χ2n) is 6.59. The Bertz CT molecular complexity index is 699. The zero-order chi connectivity index (χ0) is 17.9. The molecule has 2 unspecified atom stereocenters. The molecule has 3 rings (SSSR count). The molecule has 0 spiro atoms. The SMILES string of the molecule is CCN(c1ccc(C(=O)NCC2CCCO2)nc1)C1CCS(=O)(=O)C1. The Labute approximate surface area is 148 Å². The smallest absolute Gasteiger partial charge is 0.269 e. The summed E-state index contributed by atoms with van der Waals surface area (Å²) in [5.41, 5.74) is 1.21. The number of hydrogen-bond donors (Lipinski definition) is 1. The van der Waals surface area contributed by atoms with Gasteiger partial charge in [-0.1, -0.05) is 0 Å². The molecule has 138 valence electrons. The number of carbonyl (C=O) groups excluding carboxylic acids is 1. The molecule has 25 heavy (non-hydrogen) atoms. The van der Waals surface area contributed by atoms with E-state index in [4.69, 9.17) is 4.74 Å². The molecule has 2 atom stereocenters. The van der Waals surface area contributed by atoms with Gasteiger partial charge in [0.1, 0.15) is 5.69 Å². The van der Waals surface area contributed by atoms with E-state index < -0.39 is 9.84 Å². The van der Waals surface area contributed by atoms with Gasteiger partial charge in [-0.3, -0.25) is 4.79 Å². The highest BCUT2D eigenvalue weighted by Crippen LogP contribution is 2.23. The third kappa shape index (κ3) is 4.49. The van der Waals surface area contributed by atoms with E-state index in [0.717, 1.165) is 25.1 Å². The molecule has 0 bridgehead atoms. The fraction of sp³-hybridized carbons (Fsp3) is 0.647. The molecular formula is C17H25N3O4S. The third-order valence-electron chi connectivity index (χ3n) is 4.82. The number of nitrogens with zero attached hydrogens (tertiary/aromatic N) is 2. The number of amides is 1. The first kappa shape index (κ1) is 18.1. The molecule has 2 fully saturated rings. The highest BCUT2D eigenvalue weighted by molar-refractivity contribution is 7.91. The fourth-order valence-corrected chi connectivity index (χ4v) is 5.20. The molecule has 0 aromatic carbocycles. The average Bonchev–Trinajstić information content (AvgIpc) is 3.23. The Morgan fingerprint density at radius 2 is 2.24 bits per heavy atom. The van der Waals surface area contributed by atoms with Gasteiger partial charge in [0.2, 0.25) is 0 Å². The summed E-state index contributed by atoms with van der Waals surface area (Å²) in [5.74, 6) is 0.212. The molecule has 1 aromatic heterocycles. The molecule has 0 saturated carbocycles. The van der Waals surface area contributed by atoms with Crippen LogP contribution in [0.25, 0.3) is 0 Å². The van der Waals surface area contributed by atoms with E-state index in [0.29, 0.717) is 25.2 Å². The summed E-state index contributed by atoms with van der Waals surface area (Å²) in [6.45, 7) is 3.96. The van der Waals surface area contributed by atoms with Gasteiger partial charge in [0.05, 0.1) is 29.5 Å². The van der Waals surface area contributed by atoms with E-state index in [9.17, 15) is 13.2 Å². The summed E-state index contributed by atoms with van der Waals surface area (Å²) < 4.78 is 28.9. The standard InChI is InChI=1S/C17H25N3O4S/c1-2-20(14-7-9-25(22,23)12-14)13-5-6-16(18-10-13)17(21)19-11-15-4-3-8-24-15/h5-6,10,14-15H,2-4,7-9,11-12H2,1H3,(H,19,21). The predicted octanol–water partition coefficient (Wildman–Crippen LogP) is 1.00. The molecule has 1 N–H and O–H groups in total. The molecule has 1 aromatic rings. The number of nitrogens with one attached hydrogen (secondary N) is 1. The Morgan fingerprint density at radius 3 is 2.80 bits per heavy atom. The second kappa shape index (κ2) is 7.70. The van der Waals surface area contributed by atoms with Gasteiger partial charge in [-0.15, -0.1) is 0 Å². The Hall–Kier alpha value is -1.67. The molecule has 0 aliphatic carbocycles. The maximum atomic E-state index is 12.2. The van der Waals surface area contributed by atoms with Crippen molar-refractivity contribution in [2.75, 3.05) is 36.1 Å². The molecule has 0 radical (unpaired) electrons. The summed E-state index contributed by atoms with van der Waals surface area (Å²) >= 11 is 0. The van der Waals surface area contributed by atoms with Crippen LogP contribution >= 0.6 is 0 Å². The summed E-state index contributed by atoms with van der Waals surface area (Å²) in [6.07, 6.45) is 4.40.